The number of hydrogen-bond donors (Lipinski definition) is 0. The van der Waals surface area contributed by atoms with Crippen LogP contribution in [-0.4, -0.2) is 9.55 Å². The van der Waals surface area contributed by atoms with Gasteiger partial charge in [-0.05, 0) is 55.4 Å². The summed E-state index contributed by atoms with van der Waals surface area (Å²) in [6.07, 6.45) is 0. The second-order valence-corrected chi connectivity index (χ2v) is 13.9. The van der Waals surface area contributed by atoms with Crippen molar-refractivity contribution in [2.45, 2.75) is 60.3 Å². The zero-order chi connectivity index (χ0) is 30.9. The molecule has 4 heteroatoms. The quantitative estimate of drug-likeness (QED) is 0.182. The van der Waals surface area contributed by atoms with Gasteiger partial charge in [0, 0.05) is 38.4 Å². The fraction of sp³-hybridized carbons (Fsp3) is 0.250. The van der Waals surface area contributed by atoms with E-state index in [0.717, 1.165) is 11.4 Å². The van der Waals surface area contributed by atoms with Crippen molar-refractivity contribution in [3.05, 3.63) is 113 Å². The van der Waals surface area contributed by atoms with Crippen molar-refractivity contribution >= 4 is 42.5 Å². The van der Waals surface area contributed by atoms with Crippen molar-refractivity contribution in [3.8, 4) is 28.2 Å². The lowest BCUT2D eigenvalue weighted by molar-refractivity contribution is -0.557. The maximum absolute atomic E-state index is 5.01. The molecule has 0 amide bonds. The highest BCUT2D eigenvalue weighted by Gasteiger charge is 2.34. The van der Waals surface area contributed by atoms with Gasteiger partial charge in [0.1, 0.15) is 5.69 Å². The Bertz CT molecular complexity index is 2190. The van der Waals surface area contributed by atoms with Crippen molar-refractivity contribution in [1.82, 2.24) is 9.55 Å². The number of imidazole rings is 1. The molecule has 3 heterocycles. The molecule has 0 aliphatic heterocycles. The first-order valence-electron chi connectivity index (χ1n) is 15.7. The van der Waals surface area contributed by atoms with Crippen LogP contribution in [0.5, 0.6) is 0 Å². The van der Waals surface area contributed by atoms with Crippen LogP contribution in [0, 0.1) is 20.8 Å². The van der Waals surface area contributed by atoms with E-state index in [1.54, 1.807) is 0 Å². The van der Waals surface area contributed by atoms with Crippen molar-refractivity contribution < 1.29 is 4.57 Å². The summed E-state index contributed by atoms with van der Waals surface area (Å²) in [4.78, 5) is 5.01. The highest BCUT2D eigenvalue weighted by molar-refractivity contribution is 7.26. The monoisotopic (exact) mass is 594 g/mol. The van der Waals surface area contributed by atoms with E-state index in [-0.39, 0.29) is 0 Å². The molecule has 0 saturated carbocycles. The van der Waals surface area contributed by atoms with Crippen LogP contribution in [0.4, 0.5) is 0 Å². The Morgan fingerprint density at radius 3 is 2.09 bits per heavy atom. The average Bonchev–Trinajstić information content (AvgIpc) is 3.51. The summed E-state index contributed by atoms with van der Waals surface area (Å²) in [6, 6.07) is 31.4. The summed E-state index contributed by atoms with van der Waals surface area (Å²) in [5.74, 6) is 1.95. The van der Waals surface area contributed by atoms with Crippen LogP contribution in [0.2, 0.25) is 0 Å². The van der Waals surface area contributed by atoms with Gasteiger partial charge >= 0.3 is 0 Å². The minimum atomic E-state index is 0.371. The zero-order valence-corrected chi connectivity index (χ0v) is 27.8. The molecular formula is C40H40N3S+. The summed E-state index contributed by atoms with van der Waals surface area (Å²) in [5.41, 5.74) is 13.6. The Kier molecular flexibility index (Phi) is 6.93. The molecule has 44 heavy (non-hydrogen) atoms. The molecule has 0 atom stereocenters. The Morgan fingerprint density at radius 1 is 0.727 bits per heavy atom. The maximum atomic E-state index is 5.01. The number of nitrogens with zero attached hydrogens (tertiary/aromatic N) is 3. The third-order valence-corrected chi connectivity index (χ3v) is 10.3. The number of fused-ring (bicyclic) bond motifs is 4. The van der Waals surface area contributed by atoms with Gasteiger partial charge in [0.2, 0.25) is 5.52 Å². The Labute approximate surface area is 264 Å². The average molecular weight is 595 g/mol. The van der Waals surface area contributed by atoms with Crippen molar-refractivity contribution in [1.29, 1.82) is 0 Å². The highest BCUT2D eigenvalue weighted by atomic mass is 32.1. The summed E-state index contributed by atoms with van der Waals surface area (Å²) < 4.78 is 7.63. The molecule has 7 rings (SSSR count). The van der Waals surface area contributed by atoms with E-state index in [1.807, 2.05) is 11.3 Å². The van der Waals surface area contributed by atoms with Crippen LogP contribution < -0.4 is 4.57 Å². The second-order valence-electron chi connectivity index (χ2n) is 12.8. The third kappa shape index (κ3) is 4.38. The number of pyridine rings is 1. The fourth-order valence-corrected chi connectivity index (χ4v) is 8.33. The smallest absolute Gasteiger partial charge is 0.254 e. The highest BCUT2D eigenvalue weighted by Crippen LogP contribution is 2.43. The molecule has 3 nitrogen and oxygen atoms in total. The third-order valence-electron chi connectivity index (χ3n) is 9.14. The standard InChI is InChI=1S/C40H40N3S/c1-23(2)30-15-12-16-31(24(3)4)38(30)43-37-27(7)41-26(6)21-34(37)42(8)40(43)36-25(5)17-19-33-32-20-18-29(22-35(32)44-39(33)36)28-13-10-9-11-14-28/h9-24H,1-8H3/q+1. The molecule has 0 aliphatic rings. The SMILES string of the molecule is Cc1cc2c(c(C)n1)[n+](-c1c(C(C)C)cccc1C(C)C)c(-c1c(C)ccc3c1sc1cc(-c4ccccc4)ccc13)n2C. The molecule has 0 bridgehead atoms. The van der Waals surface area contributed by atoms with Crippen molar-refractivity contribution in [2.75, 3.05) is 0 Å². The minimum absolute atomic E-state index is 0.371. The Balaban J connectivity index is 1.63. The van der Waals surface area contributed by atoms with Crippen LogP contribution in [0.3, 0.4) is 0 Å². The van der Waals surface area contributed by atoms with E-state index in [0.29, 0.717) is 11.8 Å². The van der Waals surface area contributed by atoms with Crippen LogP contribution in [-0.2, 0) is 7.05 Å². The second kappa shape index (κ2) is 10.7. The predicted octanol–water partition coefficient (Wildman–Crippen LogP) is 10.7. The van der Waals surface area contributed by atoms with E-state index < -0.39 is 0 Å². The number of aromatic nitrogens is 3. The number of hydrogen-bond acceptors (Lipinski definition) is 2. The van der Waals surface area contributed by atoms with Gasteiger partial charge in [-0.25, -0.2) is 4.57 Å². The molecule has 0 N–H and O–H groups in total. The van der Waals surface area contributed by atoms with Crippen molar-refractivity contribution in [3.63, 3.8) is 0 Å². The lowest BCUT2D eigenvalue weighted by atomic mass is 9.92. The number of rotatable bonds is 5. The molecule has 0 aliphatic carbocycles. The number of aryl methyl sites for hydroxylation is 4. The molecule has 0 saturated heterocycles. The first-order chi connectivity index (χ1) is 21.2. The van der Waals surface area contributed by atoms with Gasteiger partial charge in [-0.3, -0.25) is 4.98 Å². The maximum Gasteiger partial charge on any atom is 0.296 e. The van der Waals surface area contributed by atoms with Crippen molar-refractivity contribution in [2.24, 2.45) is 7.05 Å². The van der Waals surface area contributed by atoms with Crippen LogP contribution in [0.25, 0.3) is 59.4 Å². The normalized spacial score (nSPS) is 12.0. The van der Waals surface area contributed by atoms with E-state index >= 15 is 0 Å². The lowest BCUT2D eigenvalue weighted by Crippen LogP contribution is -2.37. The van der Waals surface area contributed by atoms with Crippen LogP contribution in [0.1, 0.15) is 67.6 Å². The van der Waals surface area contributed by atoms with Gasteiger partial charge in [0.25, 0.3) is 5.82 Å². The van der Waals surface area contributed by atoms with Crippen LogP contribution >= 0.6 is 11.3 Å². The number of thiophene rings is 1. The van der Waals surface area contributed by atoms with Gasteiger partial charge < -0.3 is 0 Å². The predicted molar refractivity (Wildman–Crippen MR) is 188 cm³/mol. The van der Waals surface area contributed by atoms with E-state index in [9.17, 15) is 0 Å². The molecule has 3 aromatic heterocycles. The van der Waals surface area contributed by atoms with E-state index in [4.69, 9.17) is 4.98 Å². The molecule has 0 fully saturated rings. The van der Waals surface area contributed by atoms with Crippen LogP contribution in [0.15, 0.2) is 84.9 Å². The van der Waals surface area contributed by atoms with Gasteiger partial charge in [-0.15, -0.1) is 11.3 Å². The molecule has 0 radical (unpaired) electrons. The molecule has 4 aromatic carbocycles. The first-order valence-corrected chi connectivity index (χ1v) is 16.5. The molecule has 7 aromatic rings. The molecule has 0 spiro atoms. The lowest BCUT2D eigenvalue weighted by Gasteiger charge is -2.19. The number of para-hydroxylation sites is 1. The Morgan fingerprint density at radius 2 is 1.41 bits per heavy atom. The van der Waals surface area contributed by atoms with Gasteiger partial charge in [0.05, 0.1) is 23.0 Å². The largest absolute Gasteiger partial charge is 0.296 e. The number of benzene rings is 4. The first kappa shape index (κ1) is 28.5. The Hall–Kier alpha value is -4.28. The fourth-order valence-electron chi connectivity index (χ4n) is 7.00. The summed E-state index contributed by atoms with van der Waals surface area (Å²) in [7, 11) is 2.24. The van der Waals surface area contributed by atoms with E-state index in [2.05, 4.69) is 150 Å². The zero-order valence-electron chi connectivity index (χ0n) is 27.0. The summed E-state index contributed by atoms with van der Waals surface area (Å²) in [6.45, 7) is 15.8. The van der Waals surface area contributed by atoms with Gasteiger partial charge in [-0.1, -0.05) is 100 Å². The molecule has 0 unspecified atom stereocenters. The summed E-state index contributed by atoms with van der Waals surface area (Å²) >= 11 is 1.91. The summed E-state index contributed by atoms with van der Waals surface area (Å²) in [5, 5.41) is 2.63. The molecule has 220 valence electrons. The van der Waals surface area contributed by atoms with Gasteiger partial charge in [-0.2, -0.15) is 4.57 Å². The topological polar surface area (TPSA) is 21.7 Å². The van der Waals surface area contributed by atoms with E-state index in [1.165, 1.54) is 76.1 Å². The molecular weight excluding hydrogens is 555 g/mol. The minimum Gasteiger partial charge on any atom is -0.254 e. The van der Waals surface area contributed by atoms with Gasteiger partial charge in [0.15, 0.2) is 5.52 Å².